The van der Waals surface area contributed by atoms with Gasteiger partial charge in [0, 0.05) is 9.50 Å². The molecule has 0 spiro atoms. The molecule has 21 heavy (non-hydrogen) atoms. The summed E-state index contributed by atoms with van der Waals surface area (Å²) in [5.74, 6) is 1.11. The van der Waals surface area contributed by atoms with Crippen molar-refractivity contribution in [3.05, 3.63) is 56.5 Å². The molecule has 110 valence electrons. The number of benzene rings is 2. The summed E-state index contributed by atoms with van der Waals surface area (Å²) in [6, 6.07) is 8.94. The molecule has 0 bridgehead atoms. The molecule has 0 aromatic heterocycles. The van der Waals surface area contributed by atoms with Gasteiger partial charge in [-0.3, -0.25) is 0 Å². The van der Waals surface area contributed by atoms with E-state index in [1.54, 1.807) is 18.2 Å². The van der Waals surface area contributed by atoms with E-state index in [1.807, 2.05) is 26.0 Å². The number of hydrogen-bond acceptors (Lipinski definition) is 3. The minimum absolute atomic E-state index is 0.0140. The van der Waals surface area contributed by atoms with E-state index in [1.165, 1.54) is 0 Å². The monoisotopic (exact) mass is 368 g/mol. The van der Waals surface area contributed by atoms with E-state index in [0.717, 1.165) is 15.6 Å². The largest absolute Gasteiger partial charge is 0.457 e. The summed E-state index contributed by atoms with van der Waals surface area (Å²) < 4.78 is 6.70. The van der Waals surface area contributed by atoms with Crippen LogP contribution in [0.15, 0.2) is 40.0 Å². The van der Waals surface area contributed by atoms with Crippen molar-refractivity contribution >= 4 is 33.4 Å². The van der Waals surface area contributed by atoms with Crippen molar-refractivity contribution in [2.24, 2.45) is 10.9 Å². The van der Waals surface area contributed by atoms with Crippen molar-refractivity contribution in [1.29, 1.82) is 0 Å². The molecule has 0 amide bonds. The van der Waals surface area contributed by atoms with Crippen LogP contribution in [0.2, 0.25) is 5.02 Å². The van der Waals surface area contributed by atoms with Gasteiger partial charge in [-0.1, -0.05) is 32.7 Å². The minimum atomic E-state index is -0.0140. The average Bonchev–Trinajstić information content (AvgIpc) is 2.44. The molecular formula is C15H14BrClN2O2. The minimum Gasteiger partial charge on any atom is -0.457 e. The van der Waals surface area contributed by atoms with Gasteiger partial charge in [-0.25, -0.2) is 0 Å². The quantitative estimate of drug-likeness (QED) is 0.359. The maximum absolute atomic E-state index is 8.85. The van der Waals surface area contributed by atoms with Gasteiger partial charge in [-0.05, 0) is 55.3 Å². The standard InChI is InChI=1S/C15H14BrClN2O2/c1-8-5-11(6-9(2)14(8)17)21-13-7-10(16)3-4-12(13)15(18)19-20/h3-7,20H,1-2H3,(H2,18,19). The highest BCUT2D eigenvalue weighted by Gasteiger charge is 2.11. The fourth-order valence-electron chi connectivity index (χ4n) is 1.94. The lowest BCUT2D eigenvalue weighted by Crippen LogP contribution is -2.14. The summed E-state index contributed by atoms with van der Waals surface area (Å²) in [6.45, 7) is 3.82. The van der Waals surface area contributed by atoms with Crippen molar-refractivity contribution in [3.8, 4) is 11.5 Å². The summed E-state index contributed by atoms with van der Waals surface area (Å²) in [5.41, 5.74) is 8.02. The third-order valence-electron chi connectivity index (χ3n) is 2.97. The normalized spacial score (nSPS) is 11.5. The molecule has 0 heterocycles. The Morgan fingerprint density at radius 3 is 2.43 bits per heavy atom. The van der Waals surface area contributed by atoms with Gasteiger partial charge in [0.05, 0.1) is 5.56 Å². The van der Waals surface area contributed by atoms with Crippen LogP contribution in [0.25, 0.3) is 0 Å². The van der Waals surface area contributed by atoms with Crippen LogP contribution in [0, 0.1) is 13.8 Å². The summed E-state index contributed by atoms with van der Waals surface area (Å²) in [5, 5.41) is 12.6. The molecular weight excluding hydrogens is 356 g/mol. The predicted molar refractivity (Wildman–Crippen MR) is 87.7 cm³/mol. The predicted octanol–water partition coefficient (Wildman–Crippen LogP) is 4.61. The first-order valence-corrected chi connectivity index (χ1v) is 7.31. The van der Waals surface area contributed by atoms with Gasteiger partial charge >= 0.3 is 0 Å². The molecule has 0 aliphatic heterocycles. The summed E-state index contributed by atoms with van der Waals surface area (Å²) >= 11 is 9.52. The number of aryl methyl sites for hydroxylation is 2. The summed E-state index contributed by atoms with van der Waals surface area (Å²) in [7, 11) is 0. The highest BCUT2D eigenvalue weighted by molar-refractivity contribution is 9.10. The van der Waals surface area contributed by atoms with Gasteiger partial charge in [-0.2, -0.15) is 0 Å². The third-order valence-corrected chi connectivity index (χ3v) is 4.05. The van der Waals surface area contributed by atoms with E-state index in [2.05, 4.69) is 21.1 Å². The van der Waals surface area contributed by atoms with Crippen molar-refractivity contribution in [2.45, 2.75) is 13.8 Å². The Morgan fingerprint density at radius 1 is 1.24 bits per heavy atom. The lowest BCUT2D eigenvalue weighted by molar-refractivity contribution is 0.318. The van der Waals surface area contributed by atoms with Crippen molar-refractivity contribution in [1.82, 2.24) is 0 Å². The van der Waals surface area contributed by atoms with E-state index in [-0.39, 0.29) is 5.84 Å². The van der Waals surface area contributed by atoms with E-state index in [9.17, 15) is 0 Å². The average molecular weight is 370 g/mol. The molecule has 0 fully saturated rings. The van der Waals surface area contributed by atoms with Crippen LogP contribution in [-0.4, -0.2) is 11.0 Å². The molecule has 0 saturated heterocycles. The second-order valence-corrected chi connectivity index (χ2v) is 5.89. The summed E-state index contributed by atoms with van der Waals surface area (Å²) in [6.07, 6.45) is 0. The number of rotatable bonds is 3. The Balaban J connectivity index is 2.46. The molecule has 3 N–H and O–H groups in total. The highest BCUT2D eigenvalue weighted by atomic mass is 79.9. The number of amidine groups is 1. The molecule has 0 radical (unpaired) electrons. The Labute approximate surface area is 136 Å². The maximum Gasteiger partial charge on any atom is 0.173 e. The molecule has 0 atom stereocenters. The van der Waals surface area contributed by atoms with Gasteiger partial charge < -0.3 is 15.7 Å². The molecule has 2 aromatic carbocycles. The Kier molecular flexibility index (Phi) is 4.75. The lowest BCUT2D eigenvalue weighted by Gasteiger charge is -2.13. The van der Waals surface area contributed by atoms with Crippen LogP contribution < -0.4 is 10.5 Å². The number of oxime groups is 1. The van der Waals surface area contributed by atoms with Gasteiger partial charge in [0.2, 0.25) is 0 Å². The summed E-state index contributed by atoms with van der Waals surface area (Å²) in [4.78, 5) is 0. The van der Waals surface area contributed by atoms with Crippen LogP contribution in [-0.2, 0) is 0 Å². The van der Waals surface area contributed by atoms with Crippen LogP contribution >= 0.6 is 27.5 Å². The second kappa shape index (κ2) is 6.37. The van der Waals surface area contributed by atoms with Crippen LogP contribution in [0.5, 0.6) is 11.5 Å². The lowest BCUT2D eigenvalue weighted by atomic mass is 10.1. The van der Waals surface area contributed by atoms with E-state index in [0.29, 0.717) is 22.1 Å². The first-order valence-electron chi connectivity index (χ1n) is 6.14. The second-order valence-electron chi connectivity index (χ2n) is 4.60. The zero-order valence-corrected chi connectivity index (χ0v) is 13.9. The fraction of sp³-hybridized carbons (Fsp3) is 0.133. The van der Waals surface area contributed by atoms with Gasteiger partial charge in [-0.15, -0.1) is 0 Å². The SMILES string of the molecule is Cc1cc(Oc2cc(Br)ccc2/C(N)=N/O)cc(C)c1Cl. The van der Waals surface area contributed by atoms with Gasteiger partial charge in [0.15, 0.2) is 5.84 Å². The zero-order chi connectivity index (χ0) is 15.6. The van der Waals surface area contributed by atoms with Crippen molar-refractivity contribution < 1.29 is 9.94 Å². The number of ether oxygens (including phenoxy) is 1. The zero-order valence-electron chi connectivity index (χ0n) is 11.5. The van der Waals surface area contributed by atoms with E-state index >= 15 is 0 Å². The maximum atomic E-state index is 8.85. The number of nitrogens with two attached hydrogens (primary N) is 1. The molecule has 6 heteroatoms. The van der Waals surface area contributed by atoms with Crippen LogP contribution in [0.3, 0.4) is 0 Å². The van der Waals surface area contributed by atoms with Crippen LogP contribution in [0.4, 0.5) is 0 Å². The Bertz CT molecular complexity index is 694. The third kappa shape index (κ3) is 3.49. The molecule has 0 aliphatic rings. The van der Waals surface area contributed by atoms with Crippen molar-refractivity contribution in [2.75, 3.05) is 0 Å². The van der Waals surface area contributed by atoms with Gasteiger partial charge in [0.25, 0.3) is 0 Å². The first-order chi connectivity index (χ1) is 9.92. The van der Waals surface area contributed by atoms with Crippen molar-refractivity contribution in [3.63, 3.8) is 0 Å². The number of halogens is 2. The molecule has 0 aliphatic carbocycles. The molecule has 4 nitrogen and oxygen atoms in total. The smallest absolute Gasteiger partial charge is 0.173 e. The van der Waals surface area contributed by atoms with E-state index in [4.69, 9.17) is 27.3 Å². The van der Waals surface area contributed by atoms with Crippen LogP contribution in [0.1, 0.15) is 16.7 Å². The topological polar surface area (TPSA) is 67.8 Å². The number of hydrogen-bond donors (Lipinski definition) is 2. The molecule has 2 aromatic rings. The molecule has 0 saturated carbocycles. The molecule has 2 rings (SSSR count). The Morgan fingerprint density at radius 2 is 1.86 bits per heavy atom. The first kappa shape index (κ1) is 15.7. The fourth-order valence-corrected chi connectivity index (χ4v) is 2.39. The van der Waals surface area contributed by atoms with Gasteiger partial charge in [0.1, 0.15) is 11.5 Å². The number of nitrogens with zero attached hydrogens (tertiary/aromatic N) is 1. The highest BCUT2D eigenvalue weighted by Crippen LogP contribution is 2.32. The van der Waals surface area contributed by atoms with E-state index < -0.39 is 0 Å². The Hall–Kier alpha value is -1.72. The molecule has 0 unspecified atom stereocenters.